The summed E-state index contributed by atoms with van der Waals surface area (Å²) in [6, 6.07) is 9.35. The molecule has 9 nitrogen and oxygen atoms in total. The number of piperazine rings is 1. The van der Waals surface area contributed by atoms with Crippen LogP contribution in [0.1, 0.15) is 47.5 Å². The van der Waals surface area contributed by atoms with Crippen molar-refractivity contribution in [3.63, 3.8) is 0 Å². The molecule has 40 heavy (non-hydrogen) atoms. The SMILES string of the molecule is CC(Nc1c(-c2ccc(N3CCCC3)cc2)nc2cnccn12)C(=O)N1CCN(CCN(C(C)C)C(C)C)CC1. The molecule has 0 bridgehead atoms. The van der Waals surface area contributed by atoms with Gasteiger partial charge < -0.3 is 15.1 Å². The molecule has 4 heterocycles. The first-order valence-electron chi connectivity index (χ1n) is 15.0. The van der Waals surface area contributed by atoms with E-state index in [2.05, 4.69) is 77.0 Å². The summed E-state index contributed by atoms with van der Waals surface area (Å²) in [5.41, 5.74) is 3.88. The first-order valence-corrected chi connectivity index (χ1v) is 15.0. The first-order chi connectivity index (χ1) is 19.3. The Morgan fingerprint density at radius 1 is 0.950 bits per heavy atom. The smallest absolute Gasteiger partial charge is 0.244 e. The Morgan fingerprint density at radius 3 is 2.27 bits per heavy atom. The van der Waals surface area contributed by atoms with E-state index in [1.165, 1.54) is 18.5 Å². The molecular weight excluding hydrogens is 500 g/mol. The predicted octanol–water partition coefficient (Wildman–Crippen LogP) is 4.06. The van der Waals surface area contributed by atoms with Crippen molar-refractivity contribution in [2.24, 2.45) is 0 Å². The van der Waals surface area contributed by atoms with Crippen LogP contribution in [0.3, 0.4) is 0 Å². The third kappa shape index (κ3) is 6.25. The zero-order valence-electron chi connectivity index (χ0n) is 24.9. The maximum absolute atomic E-state index is 13.5. The Kier molecular flexibility index (Phi) is 8.90. The number of rotatable bonds is 10. The lowest BCUT2D eigenvalue weighted by atomic mass is 10.1. The van der Waals surface area contributed by atoms with Crippen LogP contribution in [0.2, 0.25) is 0 Å². The summed E-state index contributed by atoms with van der Waals surface area (Å²) in [4.78, 5) is 32.2. The van der Waals surface area contributed by atoms with Gasteiger partial charge >= 0.3 is 0 Å². The van der Waals surface area contributed by atoms with Crippen molar-refractivity contribution in [3.8, 4) is 11.3 Å². The molecule has 0 saturated carbocycles. The molecule has 2 saturated heterocycles. The molecule has 1 amide bonds. The molecule has 0 spiro atoms. The van der Waals surface area contributed by atoms with Crippen LogP contribution in [-0.2, 0) is 4.79 Å². The molecular formula is C31H46N8O. The zero-order valence-corrected chi connectivity index (χ0v) is 24.9. The molecule has 0 aliphatic carbocycles. The molecule has 2 fully saturated rings. The number of benzene rings is 1. The van der Waals surface area contributed by atoms with E-state index in [1.807, 2.05) is 22.4 Å². The number of carbonyl (C=O) groups is 1. The number of amides is 1. The van der Waals surface area contributed by atoms with Gasteiger partial charge in [-0.15, -0.1) is 0 Å². The summed E-state index contributed by atoms with van der Waals surface area (Å²) in [5, 5.41) is 3.53. The second kappa shape index (κ2) is 12.6. The minimum absolute atomic E-state index is 0.130. The maximum Gasteiger partial charge on any atom is 0.244 e. The Hall–Kier alpha value is -3.17. The molecule has 1 unspecified atom stereocenters. The monoisotopic (exact) mass is 546 g/mol. The van der Waals surface area contributed by atoms with Crippen molar-refractivity contribution in [3.05, 3.63) is 42.9 Å². The van der Waals surface area contributed by atoms with E-state index in [1.54, 1.807) is 12.4 Å². The molecule has 9 heteroatoms. The van der Waals surface area contributed by atoms with Gasteiger partial charge in [-0.2, -0.15) is 0 Å². The summed E-state index contributed by atoms with van der Waals surface area (Å²) in [6.07, 6.45) is 7.93. The van der Waals surface area contributed by atoms with Gasteiger partial charge in [0, 0.05) is 88.1 Å². The minimum atomic E-state index is -0.375. The van der Waals surface area contributed by atoms with Crippen LogP contribution in [0.25, 0.3) is 16.9 Å². The van der Waals surface area contributed by atoms with Crippen molar-refractivity contribution < 1.29 is 4.79 Å². The van der Waals surface area contributed by atoms with Crippen molar-refractivity contribution in [2.45, 2.75) is 65.6 Å². The average Bonchev–Trinajstić information content (AvgIpc) is 3.62. The number of nitrogens with zero attached hydrogens (tertiary/aromatic N) is 7. The van der Waals surface area contributed by atoms with Gasteiger partial charge in [0.2, 0.25) is 5.91 Å². The fraction of sp³-hybridized carbons (Fsp3) is 0.581. The zero-order chi connectivity index (χ0) is 28.2. The van der Waals surface area contributed by atoms with E-state index >= 15 is 0 Å². The Morgan fingerprint density at radius 2 is 1.62 bits per heavy atom. The molecule has 1 atom stereocenters. The molecule has 2 aliphatic heterocycles. The maximum atomic E-state index is 13.5. The molecule has 2 aromatic heterocycles. The standard InChI is InChI=1S/C31H46N8O/c1-23(2)38(24(3)4)21-18-35-16-19-37(20-17-35)31(40)25(5)33-30-29(34-28-22-32-12-15-39(28)30)26-8-10-27(11-9-26)36-13-6-7-14-36/h8-12,15,22-25,33H,6-7,13-14,16-21H2,1-5H3. The third-order valence-electron chi connectivity index (χ3n) is 8.45. The summed E-state index contributed by atoms with van der Waals surface area (Å²) < 4.78 is 1.99. The van der Waals surface area contributed by atoms with Gasteiger partial charge in [-0.25, -0.2) is 4.98 Å². The van der Waals surface area contributed by atoms with E-state index < -0.39 is 0 Å². The molecule has 3 aromatic rings. The van der Waals surface area contributed by atoms with Crippen LogP contribution in [0.15, 0.2) is 42.9 Å². The number of aromatic nitrogens is 3. The topological polar surface area (TPSA) is 72.2 Å². The van der Waals surface area contributed by atoms with Crippen LogP contribution >= 0.6 is 0 Å². The highest BCUT2D eigenvalue weighted by molar-refractivity contribution is 5.86. The second-order valence-corrected chi connectivity index (χ2v) is 11.8. The Balaban J connectivity index is 1.24. The van der Waals surface area contributed by atoms with Crippen LogP contribution in [0.4, 0.5) is 11.5 Å². The summed E-state index contributed by atoms with van der Waals surface area (Å²) in [7, 11) is 0. The lowest BCUT2D eigenvalue weighted by molar-refractivity contribution is -0.133. The average molecular weight is 547 g/mol. The second-order valence-electron chi connectivity index (χ2n) is 11.8. The van der Waals surface area contributed by atoms with Gasteiger partial charge in [0.05, 0.1) is 6.20 Å². The summed E-state index contributed by atoms with van der Waals surface area (Å²) in [6.45, 7) is 18.7. The third-order valence-corrected chi connectivity index (χ3v) is 8.45. The molecule has 2 aliphatic rings. The highest BCUT2D eigenvalue weighted by atomic mass is 16.2. The van der Waals surface area contributed by atoms with E-state index in [4.69, 9.17) is 4.98 Å². The van der Waals surface area contributed by atoms with Crippen LogP contribution in [-0.4, -0.2) is 105 Å². The Labute approximate surface area is 239 Å². The number of carbonyl (C=O) groups excluding carboxylic acids is 1. The van der Waals surface area contributed by atoms with Gasteiger partial charge in [-0.3, -0.25) is 24.0 Å². The van der Waals surface area contributed by atoms with Crippen LogP contribution in [0, 0.1) is 0 Å². The lowest BCUT2D eigenvalue weighted by Gasteiger charge is -2.38. The normalized spacial score (nSPS) is 17.5. The van der Waals surface area contributed by atoms with Gasteiger partial charge in [-0.1, -0.05) is 12.1 Å². The van der Waals surface area contributed by atoms with Crippen LogP contribution < -0.4 is 10.2 Å². The number of imidazole rings is 1. The fourth-order valence-corrected chi connectivity index (χ4v) is 6.15. The lowest BCUT2D eigenvalue weighted by Crippen LogP contribution is -2.53. The van der Waals surface area contributed by atoms with E-state index in [0.717, 1.165) is 75.1 Å². The quantitative estimate of drug-likeness (QED) is 0.411. The number of hydrogen-bond donors (Lipinski definition) is 1. The number of fused-ring (bicyclic) bond motifs is 1. The number of hydrogen-bond acceptors (Lipinski definition) is 7. The largest absolute Gasteiger partial charge is 0.372 e. The highest BCUT2D eigenvalue weighted by Crippen LogP contribution is 2.31. The van der Waals surface area contributed by atoms with Crippen molar-refractivity contribution in [2.75, 3.05) is 62.6 Å². The van der Waals surface area contributed by atoms with Crippen molar-refractivity contribution in [1.82, 2.24) is 29.1 Å². The first kappa shape index (κ1) is 28.4. The van der Waals surface area contributed by atoms with Gasteiger partial charge in [0.25, 0.3) is 0 Å². The van der Waals surface area contributed by atoms with Gasteiger partial charge in [0.1, 0.15) is 17.6 Å². The van der Waals surface area contributed by atoms with E-state index in [-0.39, 0.29) is 11.9 Å². The summed E-state index contributed by atoms with van der Waals surface area (Å²) in [5.74, 6) is 0.957. The van der Waals surface area contributed by atoms with Crippen molar-refractivity contribution in [1.29, 1.82) is 0 Å². The van der Waals surface area contributed by atoms with Crippen LogP contribution in [0.5, 0.6) is 0 Å². The molecule has 0 radical (unpaired) electrons. The molecule has 5 rings (SSSR count). The van der Waals surface area contributed by atoms with E-state index in [9.17, 15) is 4.79 Å². The van der Waals surface area contributed by atoms with E-state index in [0.29, 0.717) is 12.1 Å². The minimum Gasteiger partial charge on any atom is -0.372 e. The van der Waals surface area contributed by atoms with Gasteiger partial charge in [0.15, 0.2) is 5.65 Å². The fourth-order valence-electron chi connectivity index (χ4n) is 6.15. The Bertz CT molecular complexity index is 1250. The molecule has 216 valence electrons. The molecule has 1 aromatic carbocycles. The molecule has 1 N–H and O–H groups in total. The number of anilines is 2. The predicted molar refractivity (Wildman–Crippen MR) is 163 cm³/mol. The number of nitrogens with one attached hydrogen (secondary N) is 1. The van der Waals surface area contributed by atoms with Gasteiger partial charge in [-0.05, 0) is 59.6 Å². The van der Waals surface area contributed by atoms with Crippen molar-refractivity contribution >= 4 is 23.1 Å². The highest BCUT2D eigenvalue weighted by Gasteiger charge is 2.27. The summed E-state index contributed by atoms with van der Waals surface area (Å²) >= 11 is 0.